The van der Waals surface area contributed by atoms with Gasteiger partial charge < -0.3 is 55.6 Å². The molecule has 0 aromatic heterocycles. The van der Waals surface area contributed by atoms with Gasteiger partial charge in [0.2, 0.25) is 0 Å². The third kappa shape index (κ3) is 3.71. The Morgan fingerprint density at radius 3 is 1.71 bits per heavy atom. The highest BCUT2D eigenvalue weighted by Crippen LogP contribution is 2.27. The zero-order valence-corrected chi connectivity index (χ0v) is 12.8. The van der Waals surface area contributed by atoms with Crippen LogP contribution in [0.15, 0.2) is 0 Å². The number of ether oxygens (including phenoxy) is 2. The number of aliphatic hydroxyl groups excluding tert-OH is 8. The van der Waals surface area contributed by atoms with Crippen molar-refractivity contribution in [2.24, 2.45) is 0 Å². The molecule has 2 aliphatic rings. The minimum atomic E-state index is -1.70. The van der Waals surface area contributed by atoms with E-state index in [0.717, 1.165) is 0 Å². The predicted octanol–water partition coefficient (Wildman–Crippen LogP) is -5.78. The van der Waals surface area contributed by atoms with E-state index < -0.39 is 80.9 Å². The number of hydrogen-bond acceptors (Lipinski definition) is 11. The standard InChI is InChI=1S/C13H25NO10/c15-1-4-7(18)12(8(19)5(2-16)14-4)24-13-11(22)10(21)9(20)6(3-17)23-13/h4-22H,1-3H2/t4-,5+,6-,7-,8-,9-,10+,11-,12?,13-/m1/s1. The van der Waals surface area contributed by atoms with Gasteiger partial charge in [0.05, 0.1) is 31.9 Å². The SMILES string of the molecule is OC[C@@H]1N[C@H](CO)[C@@H](O)C(O[C@H]2O[C@H](CO)[C@@H](O)[C@H](O)[C@H]2O)[C@@H]1O. The molecule has 0 amide bonds. The molecule has 2 saturated heterocycles. The molecule has 2 aliphatic heterocycles. The lowest BCUT2D eigenvalue weighted by Gasteiger charge is -2.46. The summed E-state index contributed by atoms with van der Waals surface area (Å²) in [6.07, 6.45) is -11.8. The van der Waals surface area contributed by atoms with Gasteiger partial charge in [-0.15, -0.1) is 0 Å². The molecule has 0 aromatic carbocycles. The average molecular weight is 355 g/mol. The smallest absolute Gasteiger partial charge is 0.187 e. The summed E-state index contributed by atoms with van der Waals surface area (Å²) in [5.41, 5.74) is 0. The van der Waals surface area contributed by atoms with Gasteiger partial charge in [0.25, 0.3) is 0 Å². The summed E-state index contributed by atoms with van der Waals surface area (Å²) in [4.78, 5) is 0. The van der Waals surface area contributed by atoms with E-state index in [4.69, 9.17) is 14.6 Å². The first-order chi connectivity index (χ1) is 11.3. The van der Waals surface area contributed by atoms with Crippen LogP contribution in [0.3, 0.4) is 0 Å². The van der Waals surface area contributed by atoms with E-state index in [0.29, 0.717) is 0 Å². The lowest BCUT2D eigenvalue weighted by atomic mass is 9.90. The Bertz CT molecular complexity index is 383. The van der Waals surface area contributed by atoms with Crippen LogP contribution in [0.5, 0.6) is 0 Å². The quantitative estimate of drug-likeness (QED) is 0.228. The molecular weight excluding hydrogens is 330 g/mol. The Balaban J connectivity index is 2.14. The fourth-order valence-corrected chi connectivity index (χ4v) is 2.95. The van der Waals surface area contributed by atoms with Crippen molar-refractivity contribution in [2.75, 3.05) is 19.8 Å². The molecule has 0 spiro atoms. The molecule has 2 rings (SSSR count). The number of nitrogens with one attached hydrogen (secondary N) is 1. The monoisotopic (exact) mass is 355 g/mol. The molecule has 142 valence electrons. The van der Waals surface area contributed by atoms with Gasteiger partial charge in [-0.1, -0.05) is 0 Å². The normalized spacial score (nSPS) is 50.0. The third-order valence-corrected chi connectivity index (χ3v) is 4.46. The van der Waals surface area contributed by atoms with Crippen LogP contribution in [0, 0.1) is 0 Å². The number of piperidine rings is 1. The molecule has 2 fully saturated rings. The van der Waals surface area contributed by atoms with Gasteiger partial charge in [0.15, 0.2) is 6.29 Å². The molecule has 0 saturated carbocycles. The van der Waals surface area contributed by atoms with Gasteiger partial charge in [-0.3, -0.25) is 0 Å². The van der Waals surface area contributed by atoms with E-state index in [1.165, 1.54) is 0 Å². The second-order valence-corrected chi connectivity index (χ2v) is 6.02. The molecule has 24 heavy (non-hydrogen) atoms. The highest BCUT2D eigenvalue weighted by Gasteiger charge is 2.49. The Morgan fingerprint density at radius 1 is 0.708 bits per heavy atom. The Labute approximate surface area is 137 Å². The van der Waals surface area contributed by atoms with Crippen LogP contribution in [0.4, 0.5) is 0 Å². The van der Waals surface area contributed by atoms with Crippen molar-refractivity contribution < 1.29 is 50.3 Å². The Kier molecular flexibility index (Phi) is 6.87. The van der Waals surface area contributed by atoms with Crippen molar-refractivity contribution >= 4 is 0 Å². The van der Waals surface area contributed by atoms with Gasteiger partial charge in [-0.25, -0.2) is 0 Å². The minimum absolute atomic E-state index is 0.501. The molecule has 9 N–H and O–H groups in total. The van der Waals surface area contributed by atoms with Crippen molar-refractivity contribution in [2.45, 2.75) is 61.1 Å². The topological polar surface area (TPSA) is 192 Å². The Morgan fingerprint density at radius 2 is 1.25 bits per heavy atom. The van der Waals surface area contributed by atoms with Crippen LogP contribution >= 0.6 is 0 Å². The van der Waals surface area contributed by atoms with E-state index in [1.807, 2.05) is 0 Å². The Hall–Kier alpha value is -0.440. The van der Waals surface area contributed by atoms with Crippen molar-refractivity contribution in [1.82, 2.24) is 5.32 Å². The summed E-state index contributed by atoms with van der Waals surface area (Å²) in [5.74, 6) is 0. The maximum atomic E-state index is 10.2. The average Bonchev–Trinajstić information content (AvgIpc) is 2.58. The van der Waals surface area contributed by atoms with Crippen LogP contribution in [0.1, 0.15) is 0 Å². The molecule has 0 radical (unpaired) electrons. The number of hydrogen-bond donors (Lipinski definition) is 9. The minimum Gasteiger partial charge on any atom is -0.395 e. The van der Waals surface area contributed by atoms with Gasteiger partial charge in [-0.05, 0) is 0 Å². The highest BCUT2D eigenvalue weighted by atomic mass is 16.7. The maximum absolute atomic E-state index is 10.2. The predicted molar refractivity (Wildman–Crippen MR) is 75.5 cm³/mol. The summed E-state index contributed by atoms with van der Waals surface area (Å²) in [7, 11) is 0. The van der Waals surface area contributed by atoms with Crippen molar-refractivity contribution in [1.29, 1.82) is 0 Å². The van der Waals surface area contributed by atoms with Crippen molar-refractivity contribution in [3.05, 3.63) is 0 Å². The van der Waals surface area contributed by atoms with E-state index in [2.05, 4.69) is 5.32 Å². The molecule has 10 atom stereocenters. The fraction of sp³-hybridized carbons (Fsp3) is 1.00. The van der Waals surface area contributed by atoms with E-state index in [-0.39, 0.29) is 0 Å². The lowest BCUT2D eigenvalue weighted by Crippen LogP contribution is -2.69. The molecular formula is C13H25NO10. The van der Waals surface area contributed by atoms with Crippen molar-refractivity contribution in [3.63, 3.8) is 0 Å². The molecule has 11 nitrogen and oxygen atoms in total. The largest absolute Gasteiger partial charge is 0.395 e. The summed E-state index contributed by atoms with van der Waals surface area (Å²) in [6, 6.07) is -1.80. The number of aliphatic hydroxyl groups is 8. The summed E-state index contributed by atoms with van der Waals surface area (Å²) in [6.45, 7) is -1.65. The van der Waals surface area contributed by atoms with Crippen molar-refractivity contribution in [3.8, 4) is 0 Å². The van der Waals surface area contributed by atoms with E-state index in [9.17, 15) is 35.7 Å². The first kappa shape index (κ1) is 19.9. The first-order valence-corrected chi connectivity index (χ1v) is 7.65. The highest BCUT2D eigenvalue weighted by molar-refractivity contribution is 5.00. The summed E-state index contributed by atoms with van der Waals surface area (Å²) < 4.78 is 10.5. The van der Waals surface area contributed by atoms with Crippen LogP contribution in [0.2, 0.25) is 0 Å². The second kappa shape index (κ2) is 8.29. The van der Waals surface area contributed by atoms with Crippen LogP contribution in [-0.4, -0.2) is 122 Å². The zero-order chi connectivity index (χ0) is 18.0. The summed E-state index contributed by atoms with van der Waals surface area (Å²) in [5, 5.41) is 80.1. The molecule has 0 aliphatic carbocycles. The molecule has 0 bridgehead atoms. The molecule has 11 heteroatoms. The van der Waals surface area contributed by atoms with Gasteiger partial charge in [-0.2, -0.15) is 0 Å². The second-order valence-electron chi connectivity index (χ2n) is 6.02. The van der Waals surface area contributed by atoms with E-state index in [1.54, 1.807) is 0 Å². The van der Waals surface area contributed by atoms with E-state index >= 15 is 0 Å². The number of rotatable bonds is 5. The van der Waals surface area contributed by atoms with Crippen LogP contribution in [-0.2, 0) is 9.47 Å². The third-order valence-electron chi connectivity index (χ3n) is 4.46. The first-order valence-electron chi connectivity index (χ1n) is 7.65. The van der Waals surface area contributed by atoms with Crippen LogP contribution < -0.4 is 5.32 Å². The van der Waals surface area contributed by atoms with Gasteiger partial charge >= 0.3 is 0 Å². The molecule has 2 heterocycles. The molecule has 1 unspecified atom stereocenters. The lowest BCUT2D eigenvalue weighted by molar-refractivity contribution is -0.328. The molecule has 0 aromatic rings. The fourth-order valence-electron chi connectivity index (χ4n) is 2.95. The zero-order valence-electron chi connectivity index (χ0n) is 12.8. The summed E-state index contributed by atoms with van der Waals surface area (Å²) >= 11 is 0. The van der Waals surface area contributed by atoms with Crippen LogP contribution in [0.25, 0.3) is 0 Å². The van der Waals surface area contributed by atoms with Gasteiger partial charge in [0, 0.05) is 0 Å². The maximum Gasteiger partial charge on any atom is 0.187 e. The van der Waals surface area contributed by atoms with Gasteiger partial charge in [0.1, 0.15) is 42.7 Å².